The molecule has 9 heteroatoms. The minimum Gasteiger partial charge on any atom is -0.756 e. The van der Waals surface area contributed by atoms with Crippen molar-refractivity contribution in [1.82, 2.24) is 5.32 Å². The van der Waals surface area contributed by atoms with Gasteiger partial charge in [-0.05, 0) is 51.4 Å². The molecular weight excluding hydrogens is 1080 g/mol. The summed E-state index contributed by atoms with van der Waals surface area (Å²) in [7, 11) is 1.28. The van der Waals surface area contributed by atoms with Crippen LogP contribution in [0.3, 0.4) is 0 Å². The highest BCUT2D eigenvalue weighted by atomic mass is 31.2. The van der Waals surface area contributed by atoms with Crippen molar-refractivity contribution in [3.63, 3.8) is 0 Å². The number of aliphatic hydroxyl groups is 1. The average Bonchev–Trinajstić information content (AvgIpc) is 3.70. The topological polar surface area (TPSA) is 108 Å². The van der Waals surface area contributed by atoms with Gasteiger partial charge in [0, 0.05) is 6.42 Å². The Morgan fingerprint density at radius 2 is 0.674 bits per heavy atom. The van der Waals surface area contributed by atoms with Gasteiger partial charge in [0.05, 0.1) is 39.9 Å². The Morgan fingerprint density at radius 1 is 0.407 bits per heavy atom. The number of unbranched alkanes of at least 4 members (excludes halogenated alkanes) is 55. The lowest BCUT2D eigenvalue weighted by atomic mass is 10.0. The van der Waals surface area contributed by atoms with Gasteiger partial charge in [-0.3, -0.25) is 9.36 Å². The molecule has 510 valence electrons. The van der Waals surface area contributed by atoms with Crippen molar-refractivity contribution < 1.29 is 32.9 Å². The number of aliphatic hydroxyl groups excluding tert-OH is 1. The molecule has 0 saturated heterocycles. The summed E-state index contributed by atoms with van der Waals surface area (Å²) < 4.78 is 23.5. The van der Waals surface area contributed by atoms with E-state index in [9.17, 15) is 19.4 Å². The molecule has 86 heavy (non-hydrogen) atoms. The van der Waals surface area contributed by atoms with Crippen LogP contribution in [0.25, 0.3) is 0 Å². The van der Waals surface area contributed by atoms with Gasteiger partial charge in [-0.25, -0.2) is 0 Å². The summed E-state index contributed by atoms with van der Waals surface area (Å²) >= 11 is 0. The van der Waals surface area contributed by atoms with Crippen molar-refractivity contribution >= 4 is 13.7 Å². The van der Waals surface area contributed by atoms with Crippen LogP contribution in [-0.4, -0.2) is 68.5 Å². The van der Waals surface area contributed by atoms with E-state index in [1.54, 1.807) is 6.08 Å². The summed E-state index contributed by atoms with van der Waals surface area (Å²) in [4.78, 5) is 25.7. The Morgan fingerprint density at radius 3 is 0.965 bits per heavy atom. The van der Waals surface area contributed by atoms with Crippen molar-refractivity contribution in [2.75, 3.05) is 40.9 Å². The van der Waals surface area contributed by atoms with E-state index in [0.717, 1.165) is 44.9 Å². The largest absolute Gasteiger partial charge is 0.756 e. The van der Waals surface area contributed by atoms with Crippen molar-refractivity contribution in [2.45, 2.75) is 411 Å². The van der Waals surface area contributed by atoms with Gasteiger partial charge in [-0.15, -0.1) is 0 Å². The Labute approximate surface area is 537 Å². The fourth-order valence-electron chi connectivity index (χ4n) is 11.9. The predicted octanol–water partition coefficient (Wildman–Crippen LogP) is 24.2. The van der Waals surface area contributed by atoms with Gasteiger partial charge in [0.15, 0.2) is 0 Å². The number of carbonyl (C=O) groups is 1. The van der Waals surface area contributed by atoms with Gasteiger partial charge in [0.2, 0.25) is 5.91 Å². The van der Waals surface area contributed by atoms with Crippen LogP contribution in [-0.2, 0) is 18.4 Å². The summed E-state index contributed by atoms with van der Waals surface area (Å²) in [6.45, 7) is 4.72. The molecule has 0 rings (SSSR count). The van der Waals surface area contributed by atoms with Gasteiger partial charge in [0.1, 0.15) is 13.2 Å². The number of nitrogens with zero attached hydrogens (tertiary/aromatic N) is 1. The number of allylic oxidation sites excluding steroid dienone is 5. The number of phosphoric acid groups is 1. The van der Waals surface area contributed by atoms with Crippen molar-refractivity contribution in [1.29, 1.82) is 0 Å². The molecular formula is C77H151N2O6P. The first-order chi connectivity index (χ1) is 42.0. The molecule has 0 aliphatic rings. The maximum atomic E-state index is 13.1. The molecule has 0 spiro atoms. The van der Waals surface area contributed by atoms with E-state index in [4.69, 9.17) is 9.05 Å². The first-order valence-electron chi connectivity index (χ1n) is 38.4. The molecule has 0 aliphatic carbocycles. The van der Waals surface area contributed by atoms with Crippen LogP contribution in [0.15, 0.2) is 36.5 Å². The number of amides is 1. The molecule has 0 saturated carbocycles. The molecule has 2 N–H and O–H groups in total. The Kier molecular flexibility index (Phi) is 67.1. The molecule has 0 aliphatic heterocycles. The highest BCUT2D eigenvalue weighted by Crippen LogP contribution is 2.38. The minimum atomic E-state index is -4.60. The van der Waals surface area contributed by atoms with E-state index in [2.05, 4.69) is 43.5 Å². The second kappa shape index (κ2) is 68.1. The molecule has 3 unspecified atom stereocenters. The summed E-state index contributed by atoms with van der Waals surface area (Å²) in [5.41, 5.74) is 0. The lowest BCUT2D eigenvalue weighted by Crippen LogP contribution is -2.45. The predicted molar refractivity (Wildman–Crippen MR) is 376 cm³/mol. The van der Waals surface area contributed by atoms with E-state index in [-0.39, 0.29) is 19.1 Å². The quantitative estimate of drug-likeness (QED) is 0.0272. The Hall–Kier alpha value is -1.28. The van der Waals surface area contributed by atoms with Crippen LogP contribution in [0.1, 0.15) is 399 Å². The van der Waals surface area contributed by atoms with Crippen LogP contribution in [0, 0.1) is 0 Å². The van der Waals surface area contributed by atoms with E-state index >= 15 is 0 Å². The summed E-state index contributed by atoms with van der Waals surface area (Å²) in [6, 6.07) is -0.887. The molecule has 0 heterocycles. The van der Waals surface area contributed by atoms with E-state index in [1.807, 2.05) is 27.2 Å². The first kappa shape index (κ1) is 84.7. The van der Waals surface area contributed by atoms with Crippen LogP contribution in [0.5, 0.6) is 0 Å². The number of likely N-dealkylation sites (N-methyl/N-ethyl adjacent to an activating group) is 1. The summed E-state index contributed by atoms with van der Waals surface area (Å²) in [5.74, 6) is -0.190. The van der Waals surface area contributed by atoms with E-state index in [0.29, 0.717) is 17.4 Å². The number of nitrogens with one attached hydrogen (secondary N) is 1. The minimum absolute atomic E-state index is 0.000848. The number of rotatable bonds is 72. The van der Waals surface area contributed by atoms with Crippen molar-refractivity contribution in [3.05, 3.63) is 36.5 Å². The molecule has 8 nitrogen and oxygen atoms in total. The standard InChI is InChI=1S/C77H151N2O6P/c1-6-8-10-12-14-16-18-20-22-24-26-28-30-32-33-34-35-36-37-38-39-40-41-42-43-44-45-47-49-51-53-55-57-59-61-63-65-67-69-71-77(81)78-75(74-85-86(82,83)84-73-72-79(3,4)5)76(80)70-68-66-64-62-60-58-56-54-52-50-48-46-31-29-27-25-23-21-19-17-15-13-11-9-7-2/h35-36,38-39,68,70,75-76,80H,6-34,37,40-67,69,71-74H2,1-5H3,(H-,78,81,82,83)/b36-35-,39-38-,70-68+. The van der Waals surface area contributed by atoms with E-state index < -0.39 is 20.0 Å². The molecule has 0 aromatic heterocycles. The highest BCUT2D eigenvalue weighted by Gasteiger charge is 2.23. The van der Waals surface area contributed by atoms with Gasteiger partial charge >= 0.3 is 0 Å². The van der Waals surface area contributed by atoms with Gasteiger partial charge in [0.25, 0.3) is 7.82 Å². The maximum absolute atomic E-state index is 13.1. The second-order valence-corrected chi connectivity index (χ2v) is 29.1. The molecule has 0 bridgehead atoms. The van der Waals surface area contributed by atoms with Crippen LogP contribution < -0.4 is 10.2 Å². The molecule has 0 fully saturated rings. The van der Waals surface area contributed by atoms with Gasteiger partial charge in [-0.1, -0.05) is 378 Å². The third-order valence-corrected chi connectivity index (χ3v) is 18.8. The van der Waals surface area contributed by atoms with Crippen LogP contribution >= 0.6 is 7.82 Å². The smallest absolute Gasteiger partial charge is 0.268 e. The molecule has 0 aromatic carbocycles. The molecule has 3 atom stereocenters. The van der Waals surface area contributed by atoms with Gasteiger partial charge in [-0.2, -0.15) is 0 Å². The zero-order chi connectivity index (χ0) is 62.6. The normalized spacial score (nSPS) is 13.7. The number of hydrogen-bond acceptors (Lipinski definition) is 6. The summed E-state index contributed by atoms with van der Waals surface area (Å²) in [5, 5.41) is 14.0. The zero-order valence-corrected chi connectivity index (χ0v) is 59.4. The molecule has 1 amide bonds. The van der Waals surface area contributed by atoms with Crippen LogP contribution in [0.4, 0.5) is 0 Å². The van der Waals surface area contributed by atoms with Crippen molar-refractivity contribution in [3.8, 4) is 0 Å². The lowest BCUT2D eigenvalue weighted by Gasteiger charge is -2.29. The number of hydrogen-bond donors (Lipinski definition) is 2. The third kappa shape index (κ3) is 70.2. The Balaban J connectivity index is 3.96. The first-order valence-corrected chi connectivity index (χ1v) is 39.8. The monoisotopic (exact) mass is 1230 g/mol. The third-order valence-electron chi connectivity index (χ3n) is 17.8. The average molecular weight is 1230 g/mol. The summed E-state index contributed by atoms with van der Waals surface area (Å²) in [6.07, 6.45) is 91.6. The fraction of sp³-hybridized carbons (Fsp3) is 0.909. The zero-order valence-electron chi connectivity index (χ0n) is 58.5. The maximum Gasteiger partial charge on any atom is 0.268 e. The second-order valence-electron chi connectivity index (χ2n) is 27.7. The van der Waals surface area contributed by atoms with E-state index in [1.165, 1.54) is 334 Å². The molecule has 0 aromatic rings. The van der Waals surface area contributed by atoms with Gasteiger partial charge < -0.3 is 28.8 Å². The number of phosphoric ester groups is 1. The number of carbonyl (C=O) groups excluding carboxylic acids is 1. The SMILES string of the molecule is CCCCCCCCCCCCCCCCC/C=C\C/C=C\CCCCCCCCCCCCCCCCCCCC(=O)NC(COP(=O)([O-])OCC[N+](C)(C)C)C(O)/C=C/CCCCCCCCCCCCCCCCCCCCCCCCC. The highest BCUT2D eigenvalue weighted by molar-refractivity contribution is 7.45. The molecule has 0 radical (unpaired) electrons. The van der Waals surface area contributed by atoms with Crippen molar-refractivity contribution in [2.24, 2.45) is 0 Å². The lowest BCUT2D eigenvalue weighted by molar-refractivity contribution is -0.870. The fourth-order valence-corrected chi connectivity index (χ4v) is 12.6. The Bertz CT molecular complexity index is 1500. The van der Waals surface area contributed by atoms with Crippen LogP contribution in [0.2, 0.25) is 0 Å². The number of quaternary nitrogens is 1.